The van der Waals surface area contributed by atoms with Crippen LogP contribution in [0.15, 0.2) is 0 Å². The Kier molecular flexibility index (Phi) is 8.45. The third-order valence-electron chi connectivity index (χ3n) is 3.05. The minimum atomic E-state index is -2.83. The van der Waals surface area contributed by atoms with Gasteiger partial charge in [0.25, 0.3) is 0 Å². The fraction of sp³-hybridized carbons (Fsp3) is 1.00. The van der Waals surface area contributed by atoms with E-state index in [1.54, 1.807) is 11.8 Å². The number of thioether (sulfide) groups is 1. The summed E-state index contributed by atoms with van der Waals surface area (Å²) in [6, 6.07) is 0. The lowest BCUT2D eigenvalue weighted by atomic mass is 9.92. The van der Waals surface area contributed by atoms with Gasteiger partial charge in [-0.25, -0.2) is 8.42 Å². The van der Waals surface area contributed by atoms with Crippen molar-refractivity contribution >= 4 is 21.6 Å². The Morgan fingerprint density at radius 3 is 2.41 bits per heavy atom. The van der Waals surface area contributed by atoms with E-state index >= 15 is 0 Å². The van der Waals surface area contributed by atoms with E-state index in [0.29, 0.717) is 5.75 Å². The SMILES string of the molecule is CCC(CO)(CCCSCCS(C)(=O)=O)NC. The van der Waals surface area contributed by atoms with E-state index in [1.165, 1.54) is 6.26 Å². The molecule has 0 saturated carbocycles. The maximum Gasteiger partial charge on any atom is 0.148 e. The summed E-state index contributed by atoms with van der Waals surface area (Å²) in [4.78, 5) is 0. The van der Waals surface area contributed by atoms with Gasteiger partial charge in [0.2, 0.25) is 0 Å². The maximum absolute atomic E-state index is 10.9. The number of likely N-dealkylation sites (N-methyl/N-ethyl adjacent to an activating group) is 1. The van der Waals surface area contributed by atoms with Crippen LogP contribution in [-0.4, -0.2) is 56.2 Å². The topological polar surface area (TPSA) is 66.4 Å². The van der Waals surface area contributed by atoms with Gasteiger partial charge >= 0.3 is 0 Å². The molecule has 2 N–H and O–H groups in total. The van der Waals surface area contributed by atoms with Crippen molar-refractivity contribution in [1.29, 1.82) is 0 Å². The Labute approximate surface area is 109 Å². The summed E-state index contributed by atoms with van der Waals surface area (Å²) < 4.78 is 21.8. The smallest absolute Gasteiger partial charge is 0.148 e. The number of rotatable bonds is 10. The van der Waals surface area contributed by atoms with E-state index in [0.717, 1.165) is 25.0 Å². The Morgan fingerprint density at radius 2 is 2.00 bits per heavy atom. The predicted molar refractivity (Wildman–Crippen MR) is 75.4 cm³/mol. The Morgan fingerprint density at radius 1 is 1.35 bits per heavy atom. The van der Waals surface area contributed by atoms with Crippen molar-refractivity contribution in [3.63, 3.8) is 0 Å². The van der Waals surface area contributed by atoms with Crippen LogP contribution >= 0.6 is 11.8 Å². The van der Waals surface area contributed by atoms with Crippen LogP contribution in [0.25, 0.3) is 0 Å². The van der Waals surface area contributed by atoms with E-state index in [1.807, 2.05) is 7.05 Å². The van der Waals surface area contributed by atoms with Crippen LogP contribution in [0.2, 0.25) is 0 Å². The third-order valence-corrected chi connectivity index (χ3v) is 5.33. The predicted octanol–water partition coefficient (Wildman–Crippen LogP) is 0.905. The standard InChI is InChI=1S/C11H25NO3S2/c1-4-11(10-13,12-2)6-5-7-16-8-9-17(3,14)15/h12-13H,4-10H2,1-3H3. The molecule has 0 fully saturated rings. The van der Waals surface area contributed by atoms with E-state index in [9.17, 15) is 13.5 Å². The Bertz CT molecular complexity index is 279. The summed E-state index contributed by atoms with van der Waals surface area (Å²) in [5.74, 6) is 1.86. The molecule has 0 aliphatic heterocycles. The van der Waals surface area contributed by atoms with Gasteiger partial charge in [-0.2, -0.15) is 11.8 Å². The van der Waals surface area contributed by atoms with Crippen LogP contribution in [0.3, 0.4) is 0 Å². The molecule has 104 valence electrons. The Hall–Kier alpha value is 0.220. The minimum Gasteiger partial charge on any atom is -0.394 e. The molecule has 1 unspecified atom stereocenters. The van der Waals surface area contributed by atoms with Crippen LogP contribution in [0.5, 0.6) is 0 Å². The second-order valence-electron chi connectivity index (χ2n) is 4.39. The molecule has 0 heterocycles. The highest BCUT2D eigenvalue weighted by atomic mass is 32.2. The van der Waals surface area contributed by atoms with Gasteiger partial charge < -0.3 is 10.4 Å². The second kappa shape index (κ2) is 8.34. The Balaban J connectivity index is 3.70. The number of aliphatic hydroxyl groups is 1. The number of aliphatic hydroxyl groups excluding tert-OH is 1. The fourth-order valence-corrected chi connectivity index (χ4v) is 3.81. The molecule has 0 radical (unpaired) electrons. The first-order chi connectivity index (χ1) is 7.89. The quantitative estimate of drug-likeness (QED) is 0.583. The molecule has 0 aliphatic rings. The van der Waals surface area contributed by atoms with Crippen LogP contribution in [-0.2, 0) is 9.84 Å². The van der Waals surface area contributed by atoms with Gasteiger partial charge in [0.15, 0.2) is 0 Å². The summed E-state index contributed by atoms with van der Waals surface area (Å²) in [5.41, 5.74) is -0.169. The molecule has 0 bridgehead atoms. The average molecular weight is 283 g/mol. The average Bonchev–Trinajstić information content (AvgIpc) is 2.28. The molecule has 0 aromatic carbocycles. The molecule has 0 saturated heterocycles. The highest BCUT2D eigenvalue weighted by Crippen LogP contribution is 2.18. The molecule has 0 spiro atoms. The van der Waals surface area contributed by atoms with Gasteiger partial charge in [0.05, 0.1) is 12.4 Å². The summed E-state index contributed by atoms with van der Waals surface area (Å²) in [6.45, 7) is 2.21. The molecule has 6 heteroatoms. The molecular weight excluding hydrogens is 258 g/mol. The molecule has 1 atom stereocenters. The van der Waals surface area contributed by atoms with E-state index in [2.05, 4.69) is 12.2 Å². The van der Waals surface area contributed by atoms with E-state index in [-0.39, 0.29) is 17.9 Å². The normalized spacial score (nSPS) is 15.8. The lowest BCUT2D eigenvalue weighted by Crippen LogP contribution is -2.45. The zero-order valence-electron chi connectivity index (χ0n) is 11.0. The first-order valence-electron chi connectivity index (χ1n) is 5.94. The number of sulfone groups is 1. The van der Waals surface area contributed by atoms with Crippen LogP contribution in [0.1, 0.15) is 26.2 Å². The van der Waals surface area contributed by atoms with Gasteiger partial charge in [-0.05, 0) is 32.1 Å². The summed E-state index contributed by atoms with van der Waals surface area (Å²) in [7, 11) is -0.955. The number of hydrogen-bond acceptors (Lipinski definition) is 5. The van der Waals surface area contributed by atoms with Crippen LogP contribution in [0, 0.1) is 0 Å². The van der Waals surface area contributed by atoms with Crippen molar-refractivity contribution in [3.8, 4) is 0 Å². The summed E-state index contributed by atoms with van der Waals surface area (Å²) in [6.07, 6.45) is 4.07. The molecule has 0 rings (SSSR count). The third kappa shape index (κ3) is 8.02. The van der Waals surface area contributed by atoms with E-state index in [4.69, 9.17) is 0 Å². The van der Waals surface area contributed by atoms with Crippen molar-refractivity contribution in [2.75, 3.05) is 37.2 Å². The molecule has 0 aromatic rings. The van der Waals surface area contributed by atoms with Gasteiger partial charge in [-0.15, -0.1) is 0 Å². The minimum absolute atomic E-state index is 0.147. The van der Waals surface area contributed by atoms with Gasteiger partial charge in [-0.1, -0.05) is 6.92 Å². The lowest BCUT2D eigenvalue weighted by molar-refractivity contribution is 0.154. The maximum atomic E-state index is 10.9. The first-order valence-corrected chi connectivity index (χ1v) is 9.16. The van der Waals surface area contributed by atoms with Gasteiger partial charge in [0, 0.05) is 17.5 Å². The van der Waals surface area contributed by atoms with Gasteiger partial charge in [-0.3, -0.25) is 0 Å². The van der Waals surface area contributed by atoms with Crippen molar-refractivity contribution in [1.82, 2.24) is 5.32 Å². The molecule has 4 nitrogen and oxygen atoms in total. The van der Waals surface area contributed by atoms with Gasteiger partial charge in [0.1, 0.15) is 9.84 Å². The van der Waals surface area contributed by atoms with Crippen molar-refractivity contribution < 1.29 is 13.5 Å². The van der Waals surface area contributed by atoms with Crippen LogP contribution < -0.4 is 5.32 Å². The van der Waals surface area contributed by atoms with Crippen molar-refractivity contribution in [2.24, 2.45) is 0 Å². The van der Waals surface area contributed by atoms with Crippen LogP contribution in [0.4, 0.5) is 0 Å². The first kappa shape index (κ1) is 17.2. The fourth-order valence-electron chi connectivity index (χ4n) is 1.57. The molecule has 0 aromatic heterocycles. The molecule has 0 aliphatic carbocycles. The molecular formula is C11H25NO3S2. The highest BCUT2D eigenvalue weighted by molar-refractivity contribution is 8.00. The largest absolute Gasteiger partial charge is 0.394 e. The molecule has 17 heavy (non-hydrogen) atoms. The van der Waals surface area contributed by atoms with E-state index < -0.39 is 9.84 Å². The summed E-state index contributed by atoms with van der Waals surface area (Å²) in [5, 5.41) is 12.5. The zero-order chi connectivity index (χ0) is 13.4. The number of nitrogens with one attached hydrogen (secondary N) is 1. The molecule has 0 amide bonds. The van der Waals surface area contributed by atoms with Crippen molar-refractivity contribution in [3.05, 3.63) is 0 Å². The van der Waals surface area contributed by atoms with Crippen molar-refractivity contribution in [2.45, 2.75) is 31.7 Å². The second-order valence-corrected chi connectivity index (χ2v) is 7.87. The number of hydrogen-bond donors (Lipinski definition) is 2. The monoisotopic (exact) mass is 283 g/mol. The lowest BCUT2D eigenvalue weighted by Gasteiger charge is -2.30. The highest BCUT2D eigenvalue weighted by Gasteiger charge is 2.23. The zero-order valence-corrected chi connectivity index (χ0v) is 12.7. The summed E-state index contributed by atoms with van der Waals surface area (Å²) >= 11 is 1.66.